The number of hydrogen-bond donors (Lipinski definition) is 2. The van der Waals surface area contributed by atoms with E-state index in [4.69, 9.17) is 12.2 Å². The monoisotopic (exact) mass is 405 g/mol. The van der Waals surface area contributed by atoms with Gasteiger partial charge >= 0.3 is 0 Å². The minimum atomic E-state index is -0.284. The van der Waals surface area contributed by atoms with Gasteiger partial charge in [-0.05, 0) is 60.7 Å². The highest BCUT2D eigenvalue weighted by molar-refractivity contribution is 9.10. The summed E-state index contributed by atoms with van der Waals surface area (Å²) in [5, 5.41) is 5.76. The van der Waals surface area contributed by atoms with Crippen molar-refractivity contribution in [3.63, 3.8) is 0 Å². The number of hydrogen-bond acceptors (Lipinski definition) is 3. The van der Waals surface area contributed by atoms with Crippen molar-refractivity contribution in [2.45, 2.75) is 6.92 Å². The third-order valence-corrected chi connectivity index (χ3v) is 4.05. The van der Waals surface area contributed by atoms with Gasteiger partial charge in [-0.25, -0.2) is 0 Å². The standard InChI is InChI=1S/C17H16BrN3O2S/c1-11(22)21(2)15-9-7-14(8-10-15)19-17(24)20-16(23)12-3-5-13(18)6-4-12/h3-10H,1-2H3,(H2,19,20,23,24). The number of amides is 2. The number of halogens is 1. The van der Waals surface area contributed by atoms with E-state index in [2.05, 4.69) is 26.6 Å². The molecule has 0 atom stereocenters. The number of nitrogens with zero attached hydrogens (tertiary/aromatic N) is 1. The predicted octanol–water partition coefficient (Wildman–Crippen LogP) is 3.56. The molecule has 0 aliphatic carbocycles. The van der Waals surface area contributed by atoms with Gasteiger partial charge in [-0.1, -0.05) is 15.9 Å². The first kappa shape index (κ1) is 18.1. The van der Waals surface area contributed by atoms with Crippen LogP contribution in [0.3, 0.4) is 0 Å². The maximum atomic E-state index is 12.1. The molecule has 0 spiro atoms. The average molecular weight is 406 g/mol. The van der Waals surface area contributed by atoms with Crippen LogP contribution in [0.1, 0.15) is 17.3 Å². The lowest BCUT2D eigenvalue weighted by Gasteiger charge is -2.16. The van der Waals surface area contributed by atoms with Gasteiger partial charge in [0.05, 0.1) is 0 Å². The third kappa shape index (κ3) is 4.87. The summed E-state index contributed by atoms with van der Waals surface area (Å²) in [6.07, 6.45) is 0. The average Bonchev–Trinajstić information content (AvgIpc) is 2.55. The summed E-state index contributed by atoms with van der Waals surface area (Å²) in [6.45, 7) is 1.50. The Balaban J connectivity index is 1.95. The number of thiocarbonyl (C=S) groups is 1. The molecule has 0 bridgehead atoms. The van der Waals surface area contributed by atoms with Crippen LogP contribution in [-0.4, -0.2) is 24.0 Å². The number of benzene rings is 2. The Labute approximate surface area is 154 Å². The third-order valence-electron chi connectivity index (χ3n) is 3.32. The molecule has 0 heterocycles. The van der Waals surface area contributed by atoms with Crippen molar-refractivity contribution >= 4 is 56.4 Å². The molecule has 0 unspecified atom stereocenters. The second-order valence-electron chi connectivity index (χ2n) is 5.04. The van der Waals surface area contributed by atoms with Crippen molar-refractivity contribution in [1.82, 2.24) is 5.32 Å². The summed E-state index contributed by atoms with van der Waals surface area (Å²) in [7, 11) is 1.70. The quantitative estimate of drug-likeness (QED) is 0.766. The fraction of sp³-hybridized carbons (Fsp3) is 0.118. The lowest BCUT2D eigenvalue weighted by molar-refractivity contribution is -0.116. The van der Waals surface area contributed by atoms with Gasteiger partial charge in [-0.2, -0.15) is 0 Å². The van der Waals surface area contributed by atoms with Gasteiger partial charge in [0, 0.05) is 35.4 Å². The fourth-order valence-electron chi connectivity index (χ4n) is 1.89. The molecule has 0 radical (unpaired) electrons. The summed E-state index contributed by atoms with van der Waals surface area (Å²) >= 11 is 8.47. The normalized spacial score (nSPS) is 9.96. The highest BCUT2D eigenvalue weighted by Crippen LogP contribution is 2.17. The first-order valence-electron chi connectivity index (χ1n) is 7.09. The molecular formula is C17H16BrN3O2S. The molecule has 2 aromatic carbocycles. The van der Waals surface area contributed by atoms with Crippen LogP contribution in [-0.2, 0) is 4.79 Å². The predicted molar refractivity (Wildman–Crippen MR) is 103 cm³/mol. The number of carbonyl (C=O) groups is 2. The van der Waals surface area contributed by atoms with Gasteiger partial charge in [0.2, 0.25) is 5.91 Å². The molecule has 2 amide bonds. The first-order chi connectivity index (χ1) is 11.4. The van der Waals surface area contributed by atoms with Gasteiger partial charge in [-0.3, -0.25) is 14.9 Å². The molecule has 7 heteroatoms. The van der Waals surface area contributed by atoms with Crippen LogP contribution in [0, 0.1) is 0 Å². The number of rotatable bonds is 3. The topological polar surface area (TPSA) is 61.4 Å². The maximum Gasteiger partial charge on any atom is 0.257 e. The minimum Gasteiger partial charge on any atom is -0.332 e. The second-order valence-corrected chi connectivity index (χ2v) is 6.36. The van der Waals surface area contributed by atoms with Gasteiger partial charge in [0.1, 0.15) is 0 Å². The molecule has 0 saturated carbocycles. The zero-order valence-corrected chi connectivity index (χ0v) is 15.6. The van der Waals surface area contributed by atoms with Crippen LogP contribution in [0.2, 0.25) is 0 Å². The van der Waals surface area contributed by atoms with Gasteiger partial charge in [-0.15, -0.1) is 0 Å². The molecule has 2 rings (SSSR count). The van der Waals surface area contributed by atoms with Crippen LogP contribution in [0.4, 0.5) is 11.4 Å². The Morgan fingerprint density at radius 2 is 1.62 bits per heavy atom. The second kappa shape index (κ2) is 8.03. The largest absolute Gasteiger partial charge is 0.332 e. The van der Waals surface area contributed by atoms with E-state index in [9.17, 15) is 9.59 Å². The van der Waals surface area contributed by atoms with Crippen molar-refractivity contribution in [1.29, 1.82) is 0 Å². The van der Waals surface area contributed by atoms with E-state index < -0.39 is 0 Å². The van der Waals surface area contributed by atoms with E-state index in [0.717, 1.165) is 15.8 Å². The van der Waals surface area contributed by atoms with Crippen LogP contribution in [0.15, 0.2) is 53.0 Å². The van der Waals surface area contributed by atoms with E-state index in [0.29, 0.717) is 5.56 Å². The van der Waals surface area contributed by atoms with E-state index in [1.54, 1.807) is 55.6 Å². The first-order valence-corrected chi connectivity index (χ1v) is 8.29. The van der Waals surface area contributed by atoms with Crippen LogP contribution >= 0.6 is 28.1 Å². The smallest absolute Gasteiger partial charge is 0.257 e. The summed E-state index contributed by atoms with van der Waals surface area (Å²) in [4.78, 5) is 24.9. The highest BCUT2D eigenvalue weighted by Gasteiger charge is 2.09. The lowest BCUT2D eigenvalue weighted by atomic mass is 10.2. The molecule has 0 aliphatic rings. The Kier molecular flexibility index (Phi) is 6.05. The van der Waals surface area contributed by atoms with Gasteiger partial charge < -0.3 is 10.2 Å². The summed E-state index contributed by atoms with van der Waals surface area (Å²) in [5.41, 5.74) is 2.01. The van der Waals surface area contributed by atoms with E-state index in [-0.39, 0.29) is 16.9 Å². The zero-order chi connectivity index (χ0) is 17.7. The van der Waals surface area contributed by atoms with Crippen LogP contribution in [0.25, 0.3) is 0 Å². The lowest BCUT2D eigenvalue weighted by Crippen LogP contribution is -2.34. The van der Waals surface area contributed by atoms with Crippen molar-refractivity contribution < 1.29 is 9.59 Å². The van der Waals surface area contributed by atoms with Crippen molar-refractivity contribution in [3.8, 4) is 0 Å². The Morgan fingerprint density at radius 3 is 2.17 bits per heavy atom. The number of carbonyl (C=O) groups excluding carboxylic acids is 2. The zero-order valence-electron chi connectivity index (χ0n) is 13.2. The molecule has 0 saturated heterocycles. The van der Waals surface area contributed by atoms with Crippen molar-refractivity contribution in [3.05, 3.63) is 58.6 Å². The summed E-state index contributed by atoms with van der Waals surface area (Å²) < 4.78 is 0.898. The molecule has 0 aromatic heterocycles. The SMILES string of the molecule is CC(=O)N(C)c1ccc(NC(=S)NC(=O)c2ccc(Br)cc2)cc1. The molecule has 24 heavy (non-hydrogen) atoms. The van der Waals surface area contributed by atoms with Crippen molar-refractivity contribution in [2.24, 2.45) is 0 Å². The molecule has 124 valence electrons. The van der Waals surface area contributed by atoms with E-state index in [1.165, 1.54) is 11.8 Å². The fourth-order valence-corrected chi connectivity index (χ4v) is 2.36. The molecule has 2 aromatic rings. The summed E-state index contributed by atoms with van der Waals surface area (Å²) in [6, 6.07) is 14.1. The maximum absolute atomic E-state index is 12.1. The molecule has 0 fully saturated rings. The van der Waals surface area contributed by atoms with E-state index in [1.807, 2.05) is 0 Å². The molecular weight excluding hydrogens is 390 g/mol. The van der Waals surface area contributed by atoms with Gasteiger partial charge in [0.25, 0.3) is 5.91 Å². The summed E-state index contributed by atoms with van der Waals surface area (Å²) in [5.74, 6) is -0.332. The Hall–Kier alpha value is -2.25. The number of nitrogens with one attached hydrogen (secondary N) is 2. The van der Waals surface area contributed by atoms with Crippen molar-refractivity contribution in [2.75, 3.05) is 17.3 Å². The van der Waals surface area contributed by atoms with Crippen LogP contribution in [0.5, 0.6) is 0 Å². The highest BCUT2D eigenvalue weighted by atomic mass is 79.9. The van der Waals surface area contributed by atoms with Crippen LogP contribution < -0.4 is 15.5 Å². The Bertz CT molecular complexity index is 760. The molecule has 2 N–H and O–H groups in total. The minimum absolute atomic E-state index is 0.0482. The number of anilines is 2. The molecule has 0 aliphatic heterocycles. The van der Waals surface area contributed by atoms with Gasteiger partial charge in [0.15, 0.2) is 5.11 Å². The Morgan fingerprint density at radius 1 is 1.04 bits per heavy atom. The molecule has 5 nitrogen and oxygen atoms in total. The van der Waals surface area contributed by atoms with E-state index >= 15 is 0 Å².